The molecule has 2 aromatic carbocycles. The summed E-state index contributed by atoms with van der Waals surface area (Å²) >= 11 is 0. The highest BCUT2D eigenvalue weighted by molar-refractivity contribution is 6.99. The smallest absolute Gasteiger partial charge is 0.322 e. The highest BCUT2D eigenvalue weighted by Crippen LogP contribution is 2.36. The number of hydrogen-bond donors (Lipinski definition) is 1. The van der Waals surface area contributed by atoms with Crippen LogP contribution in [0.25, 0.3) is 0 Å². The first-order chi connectivity index (χ1) is 14.2. The van der Waals surface area contributed by atoms with E-state index >= 15 is 0 Å². The summed E-state index contributed by atoms with van der Waals surface area (Å²) < 4.78 is 36.7. The van der Waals surface area contributed by atoms with Gasteiger partial charge in [-0.2, -0.15) is 0 Å². The Balaban J connectivity index is 2.35. The van der Waals surface area contributed by atoms with Gasteiger partial charge < -0.3 is 9.16 Å². The molecule has 0 saturated heterocycles. The number of nitrogens with one attached hydrogen (secondary N) is 1. The van der Waals surface area contributed by atoms with Crippen LogP contribution in [0, 0.1) is 0 Å². The van der Waals surface area contributed by atoms with E-state index in [1.54, 1.807) is 0 Å². The molecule has 30 heavy (non-hydrogen) atoms. The first-order valence-corrected chi connectivity index (χ1v) is 12.0. The molecule has 0 fully saturated rings. The lowest BCUT2D eigenvalue weighted by Crippen LogP contribution is -2.66. The van der Waals surface area contributed by atoms with Crippen LogP contribution in [0.1, 0.15) is 27.2 Å². The molecule has 0 aliphatic rings. The van der Waals surface area contributed by atoms with Crippen molar-refractivity contribution in [2.75, 3.05) is 20.3 Å². The minimum absolute atomic E-state index is 0.202. The van der Waals surface area contributed by atoms with Crippen molar-refractivity contribution in [2.45, 2.75) is 44.7 Å². The number of carbonyl (C=O) groups excluding carboxylic acids is 1. The monoisotopic (exact) mass is 435 g/mol. The van der Waals surface area contributed by atoms with E-state index in [1.807, 2.05) is 36.4 Å². The Morgan fingerprint density at radius 3 is 1.90 bits per heavy atom. The SMILES string of the molecule is COC(=O)[C@H](CCO[Si](c1ccccc1)(c1ccccc1)C(C)(C)C)NCC(F)F. The Kier molecular flexibility index (Phi) is 8.70. The molecule has 0 aliphatic heterocycles. The van der Waals surface area contributed by atoms with Crippen molar-refractivity contribution in [3.05, 3.63) is 60.7 Å². The maximum atomic E-state index is 12.6. The third kappa shape index (κ3) is 5.74. The lowest BCUT2D eigenvalue weighted by atomic mass is 10.2. The molecule has 0 amide bonds. The van der Waals surface area contributed by atoms with E-state index in [0.29, 0.717) is 0 Å². The Hall–Kier alpha value is -2.09. The van der Waals surface area contributed by atoms with Crippen molar-refractivity contribution < 1.29 is 22.7 Å². The van der Waals surface area contributed by atoms with E-state index in [1.165, 1.54) is 7.11 Å². The number of rotatable bonds is 10. The van der Waals surface area contributed by atoms with Crippen LogP contribution in [0.4, 0.5) is 8.78 Å². The summed E-state index contributed by atoms with van der Waals surface area (Å²) in [5, 5.41) is 4.63. The minimum Gasteiger partial charge on any atom is -0.468 e. The van der Waals surface area contributed by atoms with Gasteiger partial charge in [0.2, 0.25) is 0 Å². The largest absolute Gasteiger partial charge is 0.468 e. The van der Waals surface area contributed by atoms with Crippen molar-refractivity contribution in [3.8, 4) is 0 Å². The summed E-state index contributed by atoms with van der Waals surface area (Å²) in [4.78, 5) is 12.0. The van der Waals surface area contributed by atoms with Gasteiger partial charge >= 0.3 is 5.97 Å². The molecule has 0 radical (unpaired) electrons. The van der Waals surface area contributed by atoms with Crippen LogP contribution in [-0.4, -0.2) is 47.0 Å². The summed E-state index contributed by atoms with van der Waals surface area (Å²) in [5.74, 6) is -0.568. The number of benzene rings is 2. The third-order valence-corrected chi connectivity index (χ3v) is 10.2. The normalized spacial score (nSPS) is 13.3. The summed E-state index contributed by atoms with van der Waals surface area (Å²) in [6.07, 6.45) is -2.31. The van der Waals surface area contributed by atoms with Gasteiger partial charge in [-0.3, -0.25) is 10.1 Å². The van der Waals surface area contributed by atoms with Crippen molar-refractivity contribution in [3.63, 3.8) is 0 Å². The van der Waals surface area contributed by atoms with Gasteiger partial charge in [0.15, 0.2) is 0 Å². The molecular formula is C23H31F2NO3Si. The van der Waals surface area contributed by atoms with Crippen molar-refractivity contribution in [1.29, 1.82) is 0 Å². The van der Waals surface area contributed by atoms with E-state index in [-0.39, 0.29) is 18.1 Å². The van der Waals surface area contributed by atoms with E-state index in [4.69, 9.17) is 9.16 Å². The molecule has 0 bridgehead atoms. The number of esters is 1. The molecule has 2 aromatic rings. The zero-order valence-electron chi connectivity index (χ0n) is 18.0. The molecule has 1 atom stereocenters. The van der Waals surface area contributed by atoms with Crippen molar-refractivity contribution in [2.24, 2.45) is 0 Å². The molecule has 164 valence electrons. The lowest BCUT2D eigenvalue weighted by Gasteiger charge is -2.43. The maximum absolute atomic E-state index is 12.6. The van der Waals surface area contributed by atoms with Crippen molar-refractivity contribution >= 4 is 24.7 Å². The van der Waals surface area contributed by atoms with Crippen LogP contribution in [0.2, 0.25) is 5.04 Å². The van der Waals surface area contributed by atoms with Gasteiger partial charge in [0.05, 0.1) is 13.7 Å². The molecule has 1 N–H and O–H groups in total. The average molecular weight is 436 g/mol. The van der Waals surface area contributed by atoms with E-state index in [0.717, 1.165) is 10.4 Å². The molecular weight excluding hydrogens is 404 g/mol. The van der Waals surface area contributed by atoms with Gasteiger partial charge in [0.25, 0.3) is 14.7 Å². The fourth-order valence-corrected chi connectivity index (χ4v) is 8.35. The first-order valence-electron chi connectivity index (χ1n) is 10.1. The Morgan fingerprint density at radius 1 is 1.00 bits per heavy atom. The topological polar surface area (TPSA) is 47.6 Å². The highest BCUT2D eigenvalue weighted by atomic mass is 28.4. The van der Waals surface area contributed by atoms with Crippen LogP contribution in [0.15, 0.2) is 60.7 Å². The third-order valence-electron chi connectivity index (χ3n) is 5.15. The fraction of sp³-hybridized carbons (Fsp3) is 0.435. The summed E-state index contributed by atoms with van der Waals surface area (Å²) in [6.45, 7) is 6.15. The van der Waals surface area contributed by atoms with Gasteiger partial charge in [-0.15, -0.1) is 0 Å². The summed E-state index contributed by atoms with van der Waals surface area (Å²) in [5.41, 5.74) is 0. The predicted octanol–water partition coefficient (Wildman–Crippen LogP) is 3.35. The average Bonchev–Trinajstić information content (AvgIpc) is 2.73. The first kappa shape index (κ1) is 24.2. The van der Waals surface area contributed by atoms with E-state index < -0.39 is 33.3 Å². The quantitative estimate of drug-likeness (QED) is 0.459. The Morgan fingerprint density at radius 2 is 1.50 bits per heavy atom. The van der Waals surface area contributed by atoms with Crippen molar-refractivity contribution in [1.82, 2.24) is 5.32 Å². The Bertz CT molecular complexity index is 743. The van der Waals surface area contributed by atoms with Gasteiger partial charge in [-0.1, -0.05) is 81.4 Å². The summed E-state index contributed by atoms with van der Waals surface area (Å²) in [7, 11) is -1.48. The number of halogens is 2. The summed E-state index contributed by atoms with van der Waals surface area (Å²) in [6, 6.07) is 19.4. The number of carbonyl (C=O) groups is 1. The van der Waals surface area contributed by atoms with Crippen LogP contribution < -0.4 is 15.7 Å². The maximum Gasteiger partial charge on any atom is 0.322 e. The van der Waals surface area contributed by atoms with Gasteiger partial charge in [0, 0.05) is 6.61 Å². The van der Waals surface area contributed by atoms with E-state index in [2.05, 4.69) is 50.4 Å². The minimum atomic E-state index is -2.73. The second-order valence-corrected chi connectivity index (χ2v) is 12.5. The molecule has 0 saturated carbocycles. The zero-order chi connectivity index (χ0) is 22.2. The molecule has 7 heteroatoms. The molecule has 0 aromatic heterocycles. The predicted molar refractivity (Wildman–Crippen MR) is 118 cm³/mol. The second kappa shape index (κ2) is 10.8. The highest BCUT2D eigenvalue weighted by Gasteiger charge is 2.50. The zero-order valence-corrected chi connectivity index (χ0v) is 19.0. The van der Waals surface area contributed by atoms with E-state index in [9.17, 15) is 13.6 Å². The molecule has 4 nitrogen and oxygen atoms in total. The molecule has 0 unspecified atom stereocenters. The Labute approximate surface area is 178 Å². The number of ether oxygens (including phenoxy) is 1. The fourth-order valence-electron chi connectivity index (χ4n) is 3.77. The van der Waals surface area contributed by atoms with Crippen LogP contribution >= 0.6 is 0 Å². The molecule has 2 rings (SSSR count). The number of methoxy groups -OCH3 is 1. The van der Waals surface area contributed by atoms with Gasteiger partial charge in [0.1, 0.15) is 6.04 Å². The van der Waals surface area contributed by atoms with Crippen LogP contribution in [0.3, 0.4) is 0 Å². The molecule has 0 spiro atoms. The lowest BCUT2D eigenvalue weighted by molar-refractivity contribution is -0.143. The number of alkyl halides is 2. The van der Waals surface area contributed by atoms with Crippen LogP contribution in [-0.2, 0) is 14.0 Å². The molecule has 0 heterocycles. The number of hydrogen-bond acceptors (Lipinski definition) is 4. The van der Waals surface area contributed by atoms with Gasteiger partial charge in [-0.05, 0) is 21.8 Å². The van der Waals surface area contributed by atoms with Crippen LogP contribution in [0.5, 0.6) is 0 Å². The molecule has 0 aliphatic carbocycles. The standard InChI is InChI=1S/C23H31F2NO3Si/c1-23(2,3)30(18-11-7-5-8-12-18,19-13-9-6-10-14-19)29-16-15-20(22(27)28-4)26-17-21(24)25/h5-14,20-21,26H,15-17H2,1-4H3/t20-/m0/s1. The van der Waals surface area contributed by atoms with Gasteiger partial charge in [-0.25, -0.2) is 8.78 Å². The second-order valence-electron chi connectivity index (χ2n) is 8.18.